The van der Waals surface area contributed by atoms with Gasteiger partial charge in [-0.05, 0) is 36.8 Å². The van der Waals surface area contributed by atoms with E-state index in [0.29, 0.717) is 5.56 Å². The number of amides is 1. The first kappa shape index (κ1) is 18.7. The Morgan fingerprint density at radius 1 is 1.28 bits per heavy atom. The van der Waals surface area contributed by atoms with E-state index in [9.17, 15) is 13.6 Å². The van der Waals surface area contributed by atoms with Gasteiger partial charge in [0.25, 0.3) is 0 Å². The van der Waals surface area contributed by atoms with Crippen LogP contribution in [0.4, 0.5) is 8.78 Å². The minimum Gasteiger partial charge on any atom is -0.493 e. The van der Waals surface area contributed by atoms with Crippen molar-refractivity contribution in [3.63, 3.8) is 0 Å². The molecule has 25 heavy (non-hydrogen) atoms. The fraction of sp³-hybridized carbons (Fsp3) is 0.353. The minimum absolute atomic E-state index is 0.0542. The summed E-state index contributed by atoms with van der Waals surface area (Å²) < 4.78 is 39.2. The summed E-state index contributed by atoms with van der Waals surface area (Å²) in [6.45, 7) is -0.688. The fourth-order valence-electron chi connectivity index (χ4n) is 2.16. The number of alkyl halides is 2. The zero-order valence-electron chi connectivity index (χ0n) is 13.9. The molecule has 0 radical (unpaired) electrons. The van der Waals surface area contributed by atoms with E-state index in [1.807, 2.05) is 13.0 Å². The molecule has 2 N–H and O–H groups in total. The quantitative estimate of drug-likeness (QED) is 0.724. The molecule has 0 aliphatic carbocycles. The van der Waals surface area contributed by atoms with Gasteiger partial charge in [0.05, 0.1) is 26.0 Å². The predicted molar refractivity (Wildman–Crippen MR) is 86.6 cm³/mol. The molecular formula is C17H20F2N2O4. The molecule has 0 aliphatic heterocycles. The lowest BCUT2D eigenvalue weighted by atomic mass is 10.2. The summed E-state index contributed by atoms with van der Waals surface area (Å²) in [6, 6.07) is 8.01. The topological polar surface area (TPSA) is 72.7 Å². The second-order valence-corrected chi connectivity index (χ2v) is 5.26. The molecule has 1 aromatic carbocycles. The van der Waals surface area contributed by atoms with Crippen molar-refractivity contribution in [2.75, 3.05) is 13.7 Å². The maximum absolute atomic E-state index is 12.3. The number of ether oxygens (including phenoxy) is 2. The number of benzene rings is 1. The Morgan fingerprint density at radius 2 is 2.08 bits per heavy atom. The summed E-state index contributed by atoms with van der Waals surface area (Å²) in [6.07, 6.45) is 1.57. The normalized spacial score (nSPS) is 12.0. The van der Waals surface area contributed by atoms with Gasteiger partial charge in [-0.15, -0.1) is 0 Å². The van der Waals surface area contributed by atoms with Crippen molar-refractivity contribution < 1.29 is 27.5 Å². The number of nitrogens with one attached hydrogen (secondary N) is 2. The van der Waals surface area contributed by atoms with Crippen LogP contribution in [0.1, 0.15) is 24.3 Å². The summed E-state index contributed by atoms with van der Waals surface area (Å²) in [7, 11) is 1.36. The maximum atomic E-state index is 12.3. The van der Waals surface area contributed by atoms with E-state index >= 15 is 0 Å². The van der Waals surface area contributed by atoms with Crippen LogP contribution in [0.3, 0.4) is 0 Å². The standard InChI is InChI=1S/C17H20F2N2O4/c1-11(13-4-3-7-24-13)20-10-16(22)21-9-12-5-6-14(25-17(18)19)15(8-12)23-2/h3-8,11,17,20H,9-10H2,1-2H3,(H,21,22)/t11-/m0/s1. The van der Waals surface area contributed by atoms with Gasteiger partial charge in [0.1, 0.15) is 5.76 Å². The molecule has 0 spiro atoms. The van der Waals surface area contributed by atoms with Crippen molar-refractivity contribution in [3.05, 3.63) is 47.9 Å². The molecule has 1 atom stereocenters. The predicted octanol–water partition coefficient (Wildman–Crippen LogP) is 2.86. The lowest BCUT2D eigenvalue weighted by molar-refractivity contribution is -0.120. The molecule has 0 bridgehead atoms. The molecule has 0 fully saturated rings. The van der Waals surface area contributed by atoms with Crippen LogP contribution >= 0.6 is 0 Å². The summed E-state index contributed by atoms with van der Waals surface area (Å²) in [5, 5.41) is 5.78. The van der Waals surface area contributed by atoms with Gasteiger partial charge in [0, 0.05) is 6.54 Å². The number of halogens is 2. The Labute approximate surface area is 144 Å². The van der Waals surface area contributed by atoms with Gasteiger partial charge in [-0.25, -0.2) is 0 Å². The Morgan fingerprint density at radius 3 is 2.72 bits per heavy atom. The Balaban J connectivity index is 1.82. The Bertz CT molecular complexity index is 677. The Hall–Kier alpha value is -2.61. The second-order valence-electron chi connectivity index (χ2n) is 5.26. The van der Waals surface area contributed by atoms with Crippen molar-refractivity contribution >= 4 is 5.91 Å². The number of carbonyl (C=O) groups excluding carboxylic acids is 1. The zero-order chi connectivity index (χ0) is 18.2. The van der Waals surface area contributed by atoms with E-state index < -0.39 is 6.61 Å². The van der Waals surface area contributed by atoms with Crippen molar-refractivity contribution in [3.8, 4) is 11.5 Å². The monoisotopic (exact) mass is 354 g/mol. The highest BCUT2D eigenvalue weighted by Crippen LogP contribution is 2.29. The van der Waals surface area contributed by atoms with Crippen molar-refractivity contribution in [2.24, 2.45) is 0 Å². The van der Waals surface area contributed by atoms with E-state index in [0.717, 1.165) is 5.76 Å². The van der Waals surface area contributed by atoms with Crippen LogP contribution in [-0.4, -0.2) is 26.2 Å². The van der Waals surface area contributed by atoms with E-state index in [2.05, 4.69) is 15.4 Å². The number of hydrogen-bond donors (Lipinski definition) is 2. The van der Waals surface area contributed by atoms with Gasteiger partial charge in [-0.3, -0.25) is 10.1 Å². The highest BCUT2D eigenvalue weighted by atomic mass is 19.3. The van der Waals surface area contributed by atoms with Crippen LogP contribution in [0, 0.1) is 0 Å². The highest BCUT2D eigenvalue weighted by molar-refractivity contribution is 5.78. The third-order valence-electron chi connectivity index (χ3n) is 3.47. The first-order valence-corrected chi connectivity index (χ1v) is 7.64. The lowest BCUT2D eigenvalue weighted by Gasteiger charge is -2.13. The number of rotatable bonds is 9. The van der Waals surface area contributed by atoms with Gasteiger partial charge >= 0.3 is 6.61 Å². The molecule has 2 rings (SSSR count). The number of hydrogen-bond acceptors (Lipinski definition) is 5. The van der Waals surface area contributed by atoms with Crippen LogP contribution in [0.5, 0.6) is 11.5 Å². The molecule has 0 unspecified atom stereocenters. The molecule has 6 nitrogen and oxygen atoms in total. The molecule has 1 heterocycles. The average Bonchev–Trinajstić information content (AvgIpc) is 3.13. The first-order valence-electron chi connectivity index (χ1n) is 7.64. The SMILES string of the molecule is COc1cc(CNC(=O)CN[C@@H](C)c2ccco2)ccc1OC(F)F. The van der Waals surface area contributed by atoms with Crippen LogP contribution in [-0.2, 0) is 11.3 Å². The summed E-state index contributed by atoms with van der Waals surface area (Å²) in [5.41, 5.74) is 0.700. The molecule has 1 aromatic heterocycles. The summed E-state index contributed by atoms with van der Waals surface area (Å²) >= 11 is 0. The second kappa shape index (κ2) is 9.03. The van der Waals surface area contributed by atoms with Crippen LogP contribution in [0.2, 0.25) is 0 Å². The summed E-state index contributed by atoms with van der Waals surface area (Å²) in [4.78, 5) is 11.9. The molecule has 1 amide bonds. The van der Waals surface area contributed by atoms with E-state index in [1.54, 1.807) is 18.4 Å². The van der Waals surface area contributed by atoms with Crippen molar-refractivity contribution in [2.45, 2.75) is 26.1 Å². The first-order chi connectivity index (χ1) is 12.0. The average molecular weight is 354 g/mol. The number of methoxy groups -OCH3 is 1. The maximum Gasteiger partial charge on any atom is 0.387 e. The molecule has 0 saturated carbocycles. The van der Waals surface area contributed by atoms with Crippen LogP contribution in [0.15, 0.2) is 41.0 Å². The summed E-state index contributed by atoms with van der Waals surface area (Å²) in [5.74, 6) is 0.663. The number of furan rings is 1. The third kappa shape index (κ3) is 5.75. The lowest BCUT2D eigenvalue weighted by Crippen LogP contribution is -2.34. The van der Waals surface area contributed by atoms with Crippen molar-refractivity contribution in [1.82, 2.24) is 10.6 Å². The van der Waals surface area contributed by atoms with Gasteiger partial charge in [-0.2, -0.15) is 8.78 Å². The largest absolute Gasteiger partial charge is 0.493 e. The van der Waals surface area contributed by atoms with Crippen LogP contribution in [0.25, 0.3) is 0 Å². The van der Waals surface area contributed by atoms with E-state index in [1.165, 1.54) is 19.2 Å². The van der Waals surface area contributed by atoms with Gasteiger partial charge in [0.15, 0.2) is 11.5 Å². The Kier molecular flexibility index (Phi) is 6.76. The molecular weight excluding hydrogens is 334 g/mol. The molecule has 0 aliphatic rings. The van der Waals surface area contributed by atoms with E-state index in [-0.39, 0.29) is 36.5 Å². The van der Waals surface area contributed by atoms with Crippen molar-refractivity contribution in [1.29, 1.82) is 0 Å². The molecule has 136 valence electrons. The zero-order valence-corrected chi connectivity index (χ0v) is 13.9. The third-order valence-corrected chi connectivity index (χ3v) is 3.47. The minimum atomic E-state index is -2.93. The van der Waals surface area contributed by atoms with Gasteiger partial charge in [-0.1, -0.05) is 6.07 Å². The highest BCUT2D eigenvalue weighted by Gasteiger charge is 2.12. The fourth-order valence-corrected chi connectivity index (χ4v) is 2.16. The molecule has 2 aromatic rings. The van der Waals surface area contributed by atoms with Gasteiger partial charge in [0.2, 0.25) is 5.91 Å². The molecule has 0 saturated heterocycles. The van der Waals surface area contributed by atoms with Gasteiger partial charge < -0.3 is 19.2 Å². The molecule has 8 heteroatoms. The van der Waals surface area contributed by atoms with Crippen LogP contribution < -0.4 is 20.1 Å². The number of carbonyl (C=O) groups is 1. The van der Waals surface area contributed by atoms with E-state index in [4.69, 9.17) is 9.15 Å². The smallest absolute Gasteiger partial charge is 0.387 e.